The minimum atomic E-state index is -3.56. The summed E-state index contributed by atoms with van der Waals surface area (Å²) in [4.78, 5) is 0.218. The second-order valence-electron chi connectivity index (χ2n) is 4.74. The third-order valence-electron chi connectivity index (χ3n) is 3.33. The predicted molar refractivity (Wildman–Crippen MR) is 83.3 cm³/mol. The van der Waals surface area contributed by atoms with Crippen molar-refractivity contribution in [2.75, 3.05) is 19.1 Å². The standard InChI is InChI=1S/C14H20N2O2S2/c1-11-5-6-13(10-15)9-14(11)20(17,18)16(3)12(2)7-8-19-4/h5-6,9,12H,7-8H2,1-4H3. The molecule has 0 aliphatic heterocycles. The second kappa shape index (κ2) is 7.11. The van der Waals surface area contributed by atoms with Crippen LogP contribution < -0.4 is 0 Å². The van der Waals surface area contributed by atoms with E-state index in [4.69, 9.17) is 5.26 Å². The number of benzene rings is 1. The summed E-state index contributed by atoms with van der Waals surface area (Å²) in [6, 6.07) is 6.66. The molecule has 0 aliphatic rings. The molecule has 1 atom stereocenters. The summed E-state index contributed by atoms with van der Waals surface area (Å²) in [5.74, 6) is 0.915. The monoisotopic (exact) mass is 312 g/mol. The molecule has 4 nitrogen and oxygen atoms in total. The van der Waals surface area contributed by atoms with E-state index in [2.05, 4.69) is 0 Å². The Balaban J connectivity index is 3.13. The van der Waals surface area contributed by atoms with E-state index < -0.39 is 10.0 Å². The topological polar surface area (TPSA) is 61.2 Å². The highest BCUT2D eigenvalue weighted by Crippen LogP contribution is 2.23. The van der Waals surface area contributed by atoms with Crippen molar-refractivity contribution >= 4 is 21.8 Å². The maximum absolute atomic E-state index is 12.6. The van der Waals surface area contributed by atoms with Crippen LogP contribution in [-0.4, -0.2) is 37.8 Å². The number of hydrogen-bond donors (Lipinski definition) is 0. The first-order chi connectivity index (χ1) is 9.34. The first-order valence-electron chi connectivity index (χ1n) is 6.32. The number of nitrogens with zero attached hydrogens (tertiary/aromatic N) is 2. The maximum atomic E-state index is 12.6. The van der Waals surface area contributed by atoms with Crippen LogP contribution in [0, 0.1) is 18.3 Å². The summed E-state index contributed by atoms with van der Waals surface area (Å²) in [5.41, 5.74) is 1.02. The molecule has 0 saturated heterocycles. The van der Waals surface area contributed by atoms with Crippen LogP contribution >= 0.6 is 11.8 Å². The fourth-order valence-corrected chi connectivity index (χ4v) is 4.03. The molecule has 0 aromatic heterocycles. The van der Waals surface area contributed by atoms with Crippen molar-refractivity contribution in [2.24, 2.45) is 0 Å². The number of sulfonamides is 1. The molecule has 1 unspecified atom stereocenters. The van der Waals surface area contributed by atoms with Crippen LogP contribution in [0.5, 0.6) is 0 Å². The van der Waals surface area contributed by atoms with Crippen LogP contribution in [0.15, 0.2) is 23.1 Å². The van der Waals surface area contributed by atoms with Gasteiger partial charge < -0.3 is 0 Å². The number of rotatable bonds is 6. The lowest BCUT2D eigenvalue weighted by Crippen LogP contribution is -2.35. The molecule has 1 aromatic rings. The molecule has 0 saturated carbocycles. The van der Waals surface area contributed by atoms with E-state index in [1.165, 1.54) is 10.4 Å². The Labute approximate surface area is 125 Å². The van der Waals surface area contributed by atoms with Crippen LogP contribution in [-0.2, 0) is 10.0 Å². The highest BCUT2D eigenvalue weighted by Gasteiger charge is 2.26. The van der Waals surface area contributed by atoms with Gasteiger partial charge in [0, 0.05) is 13.1 Å². The Kier molecular flexibility index (Phi) is 6.06. The molecule has 0 fully saturated rings. The van der Waals surface area contributed by atoms with Gasteiger partial charge in [-0.2, -0.15) is 21.3 Å². The quantitative estimate of drug-likeness (QED) is 0.810. The molecule has 1 aromatic carbocycles. The smallest absolute Gasteiger partial charge is 0.207 e. The molecule has 0 bridgehead atoms. The van der Waals surface area contributed by atoms with Crippen molar-refractivity contribution in [3.63, 3.8) is 0 Å². The average Bonchev–Trinajstić information content (AvgIpc) is 2.44. The molecule has 20 heavy (non-hydrogen) atoms. The average molecular weight is 312 g/mol. The number of nitriles is 1. The van der Waals surface area contributed by atoms with Gasteiger partial charge in [0.2, 0.25) is 10.0 Å². The second-order valence-corrected chi connectivity index (χ2v) is 7.70. The Bertz CT molecular complexity index is 606. The van der Waals surface area contributed by atoms with Crippen molar-refractivity contribution in [3.05, 3.63) is 29.3 Å². The lowest BCUT2D eigenvalue weighted by Gasteiger charge is -2.25. The van der Waals surface area contributed by atoms with Crippen molar-refractivity contribution < 1.29 is 8.42 Å². The zero-order valence-electron chi connectivity index (χ0n) is 12.3. The van der Waals surface area contributed by atoms with Gasteiger partial charge in [0.15, 0.2) is 0 Å². The summed E-state index contributed by atoms with van der Waals surface area (Å²) in [7, 11) is -1.96. The third kappa shape index (κ3) is 3.75. The first-order valence-corrected chi connectivity index (χ1v) is 9.15. The Morgan fingerprint density at radius 1 is 1.45 bits per heavy atom. The van der Waals surface area contributed by atoms with Crippen LogP contribution in [0.3, 0.4) is 0 Å². The molecule has 0 spiro atoms. The SMILES string of the molecule is CSCCC(C)N(C)S(=O)(=O)c1cc(C#N)ccc1C. The lowest BCUT2D eigenvalue weighted by molar-refractivity contribution is 0.382. The lowest BCUT2D eigenvalue weighted by atomic mass is 10.2. The van der Waals surface area contributed by atoms with E-state index in [1.807, 2.05) is 19.2 Å². The van der Waals surface area contributed by atoms with Crippen LogP contribution in [0.1, 0.15) is 24.5 Å². The van der Waals surface area contributed by atoms with Crippen LogP contribution in [0.4, 0.5) is 0 Å². The fourth-order valence-electron chi connectivity index (χ4n) is 1.81. The van der Waals surface area contributed by atoms with Gasteiger partial charge in [-0.15, -0.1) is 0 Å². The van der Waals surface area contributed by atoms with Gasteiger partial charge in [-0.05, 0) is 50.0 Å². The molecule has 0 N–H and O–H groups in total. The summed E-state index contributed by atoms with van der Waals surface area (Å²) >= 11 is 1.70. The van der Waals surface area contributed by atoms with Crippen LogP contribution in [0.25, 0.3) is 0 Å². The Hall–Kier alpha value is -1.03. The summed E-state index contributed by atoms with van der Waals surface area (Å²) < 4.78 is 26.7. The summed E-state index contributed by atoms with van der Waals surface area (Å²) in [6.45, 7) is 3.64. The maximum Gasteiger partial charge on any atom is 0.243 e. The predicted octanol–water partition coefficient (Wildman–Crippen LogP) is 2.63. The molecular weight excluding hydrogens is 292 g/mol. The minimum Gasteiger partial charge on any atom is -0.207 e. The first kappa shape index (κ1) is 17.0. The van der Waals surface area contributed by atoms with Crippen molar-refractivity contribution in [1.29, 1.82) is 5.26 Å². The van der Waals surface area contributed by atoms with Gasteiger partial charge >= 0.3 is 0 Å². The zero-order valence-corrected chi connectivity index (χ0v) is 13.9. The Morgan fingerprint density at radius 3 is 2.65 bits per heavy atom. The van der Waals surface area contributed by atoms with Crippen molar-refractivity contribution in [2.45, 2.75) is 31.2 Å². The molecule has 110 valence electrons. The van der Waals surface area contributed by atoms with Crippen molar-refractivity contribution in [1.82, 2.24) is 4.31 Å². The highest BCUT2D eigenvalue weighted by molar-refractivity contribution is 7.98. The normalized spacial score (nSPS) is 13.2. The largest absolute Gasteiger partial charge is 0.243 e. The molecule has 0 heterocycles. The molecule has 0 amide bonds. The zero-order chi connectivity index (χ0) is 15.3. The van der Waals surface area contributed by atoms with E-state index in [1.54, 1.807) is 37.9 Å². The van der Waals surface area contributed by atoms with Gasteiger partial charge in [-0.1, -0.05) is 6.07 Å². The molecular formula is C14H20N2O2S2. The van der Waals surface area contributed by atoms with Gasteiger partial charge in [-0.3, -0.25) is 0 Å². The fraction of sp³-hybridized carbons (Fsp3) is 0.500. The molecule has 1 rings (SSSR count). The van der Waals surface area contributed by atoms with E-state index in [0.29, 0.717) is 11.1 Å². The number of hydrogen-bond acceptors (Lipinski definition) is 4. The van der Waals surface area contributed by atoms with E-state index in [-0.39, 0.29) is 10.9 Å². The highest BCUT2D eigenvalue weighted by atomic mass is 32.2. The Morgan fingerprint density at radius 2 is 2.10 bits per heavy atom. The summed E-state index contributed by atoms with van der Waals surface area (Å²) in [5, 5.41) is 8.92. The van der Waals surface area contributed by atoms with Gasteiger partial charge in [0.25, 0.3) is 0 Å². The molecule has 0 radical (unpaired) electrons. The van der Waals surface area contributed by atoms with E-state index in [0.717, 1.165) is 12.2 Å². The van der Waals surface area contributed by atoms with Gasteiger partial charge in [0.1, 0.15) is 0 Å². The van der Waals surface area contributed by atoms with Gasteiger partial charge in [0.05, 0.1) is 16.5 Å². The molecule has 6 heteroatoms. The van der Waals surface area contributed by atoms with Crippen molar-refractivity contribution in [3.8, 4) is 6.07 Å². The van der Waals surface area contributed by atoms with Crippen LogP contribution in [0.2, 0.25) is 0 Å². The third-order valence-corrected chi connectivity index (χ3v) is 6.09. The van der Waals surface area contributed by atoms with E-state index >= 15 is 0 Å². The van der Waals surface area contributed by atoms with Gasteiger partial charge in [-0.25, -0.2) is 8.42 Å². The van der Waals surface area contributed by atoms with E-state index in [9.17, 15) is 8.42 Å². The molecule has 0 aliphatic carbocycles. The number of aryl methyl sites for hydroxylation is 1. The number of thioether (sulfide) groups is 1. The minimum absolute atomic E-state index is 0.0717. The summed E-state index contributed by atoms with van der Waals surface area (Å²) in [6.07, 6.45) is 2.80.